The molecule has 150 valence electrons. The van der Waals surface area contributed by atoms with E-state index in [2.05, 4.69) is 26.0 Å². The van der Waals surface area contributed by atoms with Gasteiger partial charge in [0.25, 0.3) is 5.91 Å². The monoisotopic (exact) mass is 472 g/mol. The summed E-state index contributed by atoms with van der Waals surface area (Å²) in [6.45, 7) is 2.72. The topological polar surface area (TPSA) is 102 Å². The van der Waals surface area contributed by atoms with E-state index < -0.39 is 34.3 Å². The molecule has 10 heteroatoms. The van der Waals surface area contributed by atoms with Gasteiger partial charge in [-0.3, -0.25) is 4.79 Å². The predicted octanol–water partition coefficient (Wildman–Crippen LogP) is 3.07. The van der Waals surface area contributed by atoms with E-state index in [1.165, 1.54) is 30.3 Å². The zero-order chi connectivity index (χ0) is 20.9. The lowest BCUT2D eigenvalue weighted by Crippen LogP contribution is -2.30. The van der Waals surface area contributed by atoms with Gasteiger partial charge in [0.15, 0.2) is 6.61 Å². The first-order chi connectivity index (χ1) is 13.1. The Morgan fingerprint density at radius 1 is 1.18 bits per heavy atom. The Balaban J connectivity index is 2.07. The van der Waals surface area contributed by atoms with Gasteiger partial charge in [-0.25, -0.2) is 22.3 Å². The SMILES string of the molecule is CC(C)NS(=O)(=O)c1ccc(Br)c(C(=O)OCC(=O)Nc2cccc(F)c2)c1. The third-order valence-electron chi connectivity index (χ3n) is 3.30. The van der Waals surface area contributed by atoms with Crippen LogP contribution in [0.15, 0.2) is 51.8 Å². The number of hydrogen-bond acceptors (Lipinski definition) is 5. The fourth-order valence-corrected chi connectivity index (χ4v) is 3.86. The van der Waals surface area contributed by atoms with Crippen molar-refractivity contribution in [3.63, 3.8) is 0 Å². The van der Waals surface area contributed by atoms with E-state index in [0.29, 0.717) is 4.47 Å². The highest BCUT2D eigenvalue weighted by molar-refractivity contribution is 9.10. The molecule has 2 aromatic carbocycles. The first-order valence-electron chi connectivity index (χ1n) is 8.13. The molecule has 2 aromatic rings. The third-order valence-corrected chi connectivity index (χ3v) is 5.65. The van der Waals surface area contributed by atoms with E-state index in [1.807, 2.05) is 0 Å². The molecule has 0 aliphatic heterocycles. The molecule has 0 fully saturated rings. The highest BCUT2D eigenvalue weighted by Crippen LogP contribution is 2.22. The fourth-order valence-electron chi connectivity index (χ4n) is 2.18. The fraction of sp³-hybridized carbons (Fsp3) is 0.222. The van der Waals surface area contributed by atoms with Crippen molar-refractivity contribution in [2.45, 2.75) is 24.8 Å². The second-order valence-electron chi connectivity index (χ2n) is 6.05. The van der Waals surface area contributed by atoms with Crippen molar-refractivity contribution >= 4 is 43.5 Å². The zero-order valence-electron chi connectivity index (χ0n) is 15.0. The van der Waals surface area contributed by atoms with Gasteiger partial charge in [0.2, 0.25) is 10.0 Å². The maximum Gasteiger partial charge on any atom is 0.339 e. The van der Waals surface area contributed by atoms with Crippen molar-refractivity contribution in [3.05, 3.63) is 58.3 Å². The average molecular weight is 473 g/mol. The van der Waals surface area contributed by atoms with Gasteiger partial charge in [0.05, 0.1) is 10.5 Å². The number of benzene rings is 2. The Labute approximate surface area is 170 Å². The molecule has 0 bridgehead atoms. The van der Waals surface area contributed by atoms with Crippen LogP contribution < -0.4 is 10.0 Å². The Hall–Kier alpha value is -2.30. The summed E-state index contributed by atoms with van der Waals surface area (Å²) in [6.07, 6.45) is 0. The molecule has 2 N–H and O–H groups in total. The normalized spacial score (nSPS) is 11.3. The highest BCUT2D eigenvalue weighted by Gasteiger charge is 2.20. The Kier molecular flexibility index (Phi) is 7.28. The lowest BCUT2D eigenvalue weighted by molar-refractivity contribution is -0.119. The molecule has 0 aliphatic carbocycles. The molecule has 28 heavy (non-hydrogen) atoms. The highest BCUT2D eigenvalue weighted by atomic mass is 79.9. The van der Waals surface area contributed by atoms with E-state index in [4.69, 9.17) is 4.74 Å². The number of hydrogen-bond donors (Lipinski definition) is 2. The first-order valence-corrected chi connectivity index (χ1v) is 10.4. The molecule has 0 saturated carbocycles. The van der Waals surface area contributed by atoms with Gasteiger partial charge in [-0.15, -0.1) is 0 Å². The standard InChI is InChI=1S/C18H18BrFN2O5S/c1-11(2)22-28(25,26)14-6-7-16(19)15(9-14)18(24)27-10-17(23)21-13-5-3-4-12(20)8-13/h3-9,11,22H,10H2,1-2H3,(H,21,23). The summed E-state index contributed by atoms with van der Waals surface area (Å²) < 4.78 is 45.3. The number of rotatable bonds is 7. The Morgan fingerprint density at radius 3 is 2.54 bits per heavy atom. The van der Waals surface area contributed by atoms with Crippen molar-refractivity contribution < 1.29 is 27.1 Å². The number of nitrogens with one attached hydrogen (secondary N) is 2. The third kappa shape index (κ3) is 6.11. The minimum atomic E-state index is -3.80. The van der Waals surface area contributed by atoms with Crippen LogP contribution in [0.25, 0.3) is 0 Å². The maximum atomic E-state index is 13.1. The Bertz CT molecular complexity index is 995. The molecule has 0 saturated heterocycles. The number of carbonyl (C=O) groups excluding carboxylic acids is 2. The molecule has 0 radical (unpaired) electrons. The number of amides is 1. The second kappa shape index (κ2) is 9.26. The summed E-state index contributed by atoms with van der Waals surface area (Å²) in [7, 11) is -3.80. The van der Waals surface area contributed by atoms with Crippen molar-refractivity contribution in [1.82, 2.24) is 4.72 Å². The van der Waals surface area contributed by atoms with Gasteiger partial charge < -0.3 is 10.1 Å². The van der Waals surface area contributed by atoms with Crippen LogP contribution in [0.5, 0.6) is 0 Å². The summed E-state index contributed by atoms with van der Waals surface area (Å²) in [6, 6.07) is 8.81. The lowest BCUT2D eigenvalue weighted by Gasteiger charge is -2.12. The zero-order valence-corrected chi connectivity index (χ0v) is 17.4. The molecule has 1 amide bonds. The van der Waals surface area contributed by atoms with Crippen LogP contribution >= 0.6 is 15.9 Å². The van der Waals surface area contributed by atoms with Crippen molar-refractivity contribution in [2.24, 2.45) is 0 Å². The minimum Gasteiger partial charge on any atom is -0.452 e. The van der Waals surface area contributed by atoms with Crippen LogP contribution in [0.4, 0.5) is 10.1 Å². The molecular weight excluding hydrogens is 455 g/mol. The largest absolute Gasteiger partial charge is 0.452 e. The number of sulfonamides is 1. The van der Waals surface area contributed by atoms with E-state index in [1.54, 1.807) is 13.8 Å². The summed E-state index contributed by atoms with van der Waals surface area (Å²) in [5.74, 6) is -2.07. The molecular formula is C18H18BrFN2O5S. The lowest BCUT2D eigenvalue weighted by atomic mass is 10.2. The first kappa shape index (κ1) is 22.0. The second-order valence-corrected chi connectivity index (χ2v) is 8.62. The van der Waals surface area contributed by atoms with Gasteiger partial charge in [-0.05, 0) is 66.2 Å². The predicted molar refractivity (Wildman–Crippen MR) is 105 cm³/mol. The quantitative estimate of drug-likeness (QED) is 0.602. The number of ether oxygens (including phenoxy) is 1. The van der Waals surface area contributed by atoms with E-state index in [0.717, 1.165) is 12.1 Å². The molecule has 0 unspecified atom stereocenters. The molecule has 0 aromatic heterocycles. The minimum absolute atomic E-state index is 0.0508. The molecule has 0 heterocycles. The van der Waals surface area contributed by atoms with Crippen LogP contribution in [0.1, 0.15) is 24.2 Å². The van der Waals surface area contributed by atoms with E-state index in [9.17, 15) is 22.4 Å². The number of carbonyl (C=O) groups is 2. The maximum absolute atomic E-state index is 13.1. The number of halogens is 2. The molecule has 2 rings (SSSR count). The van der Waals surface area contributed by atoms with E-state index in [-0.39, 0.29) is 22.2 Å². The van der Waals surface area contributed by atoms with Crippen LogP contribution in [0.3, 0.4) is 0 Å². The molecule has 0 spiro atoms. The molecule has 7 nitrogen and oxygen atoms in total. The van der Waals surface area contributed by atoms with Crippen LogP contribution in [0.2, 0.25) is 0 Å². The van der Waals surface area contributed by atoms with Gasteiger partial charge in [-0.1, -0.05) is 6.07 Å². The summed E-state index contributed by atoms with van der Waals surface area (Å²) >= 11 is 3.16. The van der Waals surface area contributed by atoms with Crippen molar-refractivity contribution in [1.29, 1.82) is 0 Å². The van der Waals surface area contributed by atoms with Gasteiger partial charge in [0.1, 0.15) is 5.82 Å². The summed E-state index contributed by atoms with van der Waals surface area (Å²) in [5, 5.41) is 2.39. The van der Waals surface area contributed by atoms with Crippen LogP contribution in [-0.2, 0) is 19.6 Å². The average Bonchev–Trinajstić information content (AvgIpc) is 2.58. The summed E-state index contributed by atoms with van der Waals surface area (Å²) in [4.78, 5) is 24.0. The van der Waals surface area contributed by atoms with Crippen LogP contribution in [0, 0.1) is 5.82 Å². The van der Waals surface area contributed by atoms with Gasteiger partial charge >= 0.3 is 5.97 Å². The van der Waals surface area contributed by atoms with E-state index >= 15 is 0 Å². The van der Waals surface area contributed by atoms with Crippen molar-refractivity contribution in [2.75, 3.05) is 11.9 Å². The number of esters is 1. The summed E-state index contributed by atoms with van der Waals surface area (Å²) in [5.41, 5.74) is 0.167. The number of anilines is 1. The smallest absolute Gasteiger partial charge is 0.339 e. The van der Waals surface area contributed by atoms with Gasteiger partial charge in [0, 0.05) is 16.2 Å². The van der Waals surface area contributed by atoms with Crippen LogP contribution in [-0.4, -0.2) is 32.9 Å². The molecule has 0 aliphatic rings. The van der Waals surface area contributed by atoms with Crippen molar-refractivity contribution in [3.8, 4) is 0 Å². The Morgan fingerprint density at radius 2 is 1.89 bits per heavy atom. The van der Waals surface area contributed by atoms with Gasteiger partial charge in [-0.2, -0.15) is 0 Å². The molecule has 0 atom stereocenters.